The van der Waals surface area contributed by atoms with Gasteiger partial charge in [-0.15, -0.1) is 0 Å². The van der Waals surface area contributed by atoms with Crippen molar-refractivity contribution in [2.75, 3.05) is 26.6 Å². The Morgan fingerprint density at radius 1 is 0.945 bits per heavy atom. The van der Waals surface area contributed by atoms with Crippen molar-refractivity contribution in [3.8, 4) is 0 Å². The van der Waals surface area contributed by atoms with Crippen molar-refractivity contribution in [2.24, 2.45) is 28.6 Å². The summed E-state index contributed by atoms with van der Waals surface area (Å²) in [5.41, 5.74) is -2.36. The monoisotopic (exact) mass is 790 g/mol. The Bertz CT molecular complexity index is 1660. The van der Waals surface area contributed by atoms with E-state index in [1.54, 1.807) is 0 Å². The van der Waals surface area contributed by atoms with Crippen LogP contribution < -0.4 is 10.4 Å². The summed E-state index contributed by atoms with van der Waals surface area (Å²) in [6, 6.07) is 21.7. The molecule has 0 aromatic heterocycles. The van der Waals surface area contributed by atoms with Gasteiger partial charge in [-0.05, 0) is 46.3 Å². The summed E-state index contributed by atoms with van der Waals surface area (Å²) in [7, 11) is -4.29. The van der Waals surface area contributed by atoms with Crippen LogP contribution in [0.3, 0.4) is 0 Å². The first-order valence-corrected chi connectivity index (χ1v) is 25.5. The van der Waals surface area contributed by atoms with Crippen LogP contribution >= 0.6 is 0 Å². The van der Waals surface area contributed by atoms with Crippen LogP contribution in [0.2, 0.25) is 30.7 Å². The zero-order valence-electron chi connectivity index (χ0n) is 34.1. The van der Waals surface area contributed by atoms with Gasteiger partial charge in [-0.3, -0.25) is 19.2 Å². The Kier molecular flexibility index (Phi) is 13.5. The lowest BCUT2D eigenvalue weighted by Gasteiger charge is -2.52. The molecule has 1 N–H and O–H groups in total. The van der Waals surface area contributed by atoms with Crippen LogP contribution in [0, 0.1) is 28.6 Å². The molecule has 0 saturated heterocycles. The average Bonchev–Trinajstić information content (AvgIpc) is 3.39. The fraction of sp³-hybridized carbons (Fsp3) is 0.591. The van der Waals surface area contributed by atoms with Crippen LogP contribution in [0.15, 0.2) is 72.8 Å². The summed E-state index contributed by atoms with van der Waals surface area (Å²) >= 11 is 0. The molecule has 7 atom stereocenters. The number of hydrogen-bond acceptors (Lipinski definition) is 9. The lowest BCUT2D eigenvalue weighted by molar-refractivity contribution is -0.185. The predicted molar refractivity (Wildman–Crippen MR) is 218 cm³/mol. The molecule has 9 nitrogen and oxygen atoms in total. The molecule has 3 aliphatic carbocycles. The number of aliphatic hydroxyl groups excluding tert-OH is 1. The molecule has 2 aromatic rings. The number of esters is 1. The van der Waals surface area contributed by atoms with Crippen LogP contribution in [-0.4, -0.2) is 83.6 Å². The van der Waals surface area contributed by atoms with E-state index in [1.165, 1.54) is 19.1 Å². The maximum absolute atomic E-state index is 14.2. The molecule has 2 fully saturated rings. The van der Waals surface area contributed by atoms with Gasteiger partial charge in [0.05, 0.1) is 18.1 Å². The van der Waals surface area contributed by atoms with Gasteiger partial charge in [0.15, 0.2) is 5.78 Å². The molecule has 55 heavy (non-hydrogen) atoms. The lowest BCUT2D eigenvalue weighted by atomic mass is 9.52. The Hall–Kier alpha value is -3.07. The van der Waals surface area contributed by atoms with Gasteiger partial charge in [0.2, 0.25) is 0 Å². The van der Waals surface area contributed by atoms with Crippen molar-refractivity contribution in [2.45, 2.75) is 110 Å². The second kappa shape index (κ2) is 17.2. The molecule has 0 spiro atoms. The van der Waals surface area contributed by atoms with Gasteiger partial charge in [0.1, 0.15) is 24.5 Å². The molecule has 0 heterocycles. The molecular formula is C44H62O9Si2. The highest BCUT2D eigenvalue weighted by Crippen LogP contribution is 2.55. The Labute approximate surface area is 329 Å². The molecular weight excluding hydrogens is 729 g/mol. The first-order chi connectivity index (χ1) is 25.8. The number of Topliss-reactive ketones (excluding diaryl/α,β-unsaturated/α-hetero) is 2. The number of ketones is 3. The Morgan fingerprint density at radius 3 is 2.13 bits per heavy atom. The van der Waals surface area contributed by atoms with Crippen molar-refractivity contribution >= 4 is 50.1 Å². The van der Waals surface area contributed by atoms with Crippen molar-refractivity contribution in [1.82, 2.24) is 0 Å². The third-order valence-corrected chi connectivity index (χ3v) is 19.3. The standard InChI is InChI=1S/C44H62O9Si2/c1-31(45)53-39(37-26-33(46)25-36-38(47)20-22-41(49)44(36,37)29-51-30-50-23-24-54(6,7)8)27-43(5)32(19-21-40(43)48)28-52-55(42(2,3)4,34-15-11-9-12-16-34)35-17-13-10-14-18-35/h9-18,20,22,32,36-39,47H,19,21,23-30H2,1-8H3/t32-,36-,37-,38+,39-,43-,44+/m1/s1. The predicted octanol–water partition coefficient (Wildman–Crippen LogP) is 6.28. The minimum atomic E-state index is -2.94. The first kappa shape index (κ1) is 43.1. The SMILES string of the molecule is CC(=O)O[C@H](C[C@@]1(C)C(=O)CC[C@@H]1CO[Si](c1ccccc1)(c1ccccc1)C(C)(C)C)[C@H]1CC(=O)C[C@@H]2[C@@H](O)C=CC(=O)[C@@]21COCOCC[Si](C)(C)C. The molecule has 11 heteroatoms. The number of rotatable bonds is 16. The summed E-state index contributed by atoms with van der Waals surface area (Å²) in [6.45, 7) is 17.3. The normalized spacial score (nSPS) is 27.9. The van der Waals surface area contributed by atoms with Gasteiger partial charge in [0, 0.05) is 64.7 Å². The second-order valence-electron chi connectivity index (χ2n) is 18.5. The zero-order valence-corrected chi connectivity index (χ0v) is 36.1. The highest BCUT2D eigenvalue weighted by molar-refractivity contribution is 6.99. The number of aliphatic hydroxyl groups is 1. The van der Waals surface area contributed by atoms with E-state index in [0.29, 0.717) is 26.1 Å². The van der Waals surface area contributed by atoms with Crippen molar-refractivity contribution in [3.63, 3.8) is 0 Å². The quantitative estimate of drug-likeness (QED) is 0.0906. The van der Waals surface area contributed by atoms with E-state index in [-0.39, 0.29) is 61.0 Å². The molecule has 0 amide bonds. The van der Waals surface area contributed by atoms with Crippen molar-refractivity contribution in [3.05, 3.63) is 72.8 Å². The fourth-order valence-electron chi connectivity index (χ4n) is 9.50. The van der Waals surface area contributed by atoms with Crippen LogP contribution in [-0.2, 0) is 37.8 Å². The van der Waals surface area contributed by atoms with Crippen molar-refractivity contribution < 1.29 is 42.9 Å². The number of ether oxygens (including phenoxy) is 3. The minimum absolute atomic E-state index is 0.00840. The number of benzene rings is 2. The van der Waals surface area contributed by atoms with Crippen LogP contribution in [0.5, 0.6) is 0 Å². The topological polar surface area (TPSA) is 125 Å². The van der Waals surface area contributed by atoms with E-state index in [0.717, 1.165) is 16.4 Å². The van der Waals surface area contributed by atoms with E-state index in [1.807, 2.05) is 43.3 Å². The lowest BCUT2D eigenvalue weighted by Crippen LogP contribution is -2.67. The Balaban J connectivity index is 1.49. The van der Waals surface area contributed by atoms with E-state index in [4.69, 9.17) is 18.6 Å². The number of hydrogen-bond donors (Lipinski definition) is 1. The number of allylic oxidation sites excluding steroid dienone is 1. The Morgan fingerprint density at radius 2 is 1.56 bits per heavy atom. The smallest absolute Gasteiger partial charge is 0.302 e. The summed E-state index contributed by atoms with van der Waals surface area (Å²) in [5.74, 6) is -2.79. The molecule has 5 rings (SSSR count). The third-order valence-electron chi connectivity index (χ3n) is 12.6. The summed E-state index contributed by atoms with van der Waals surface area (Å²) in [5, 5.41) is 13.3. The summed E-state index contributed by atoms with van der Waals surface area (Å²) < 4.78 is 25.4. The maximum Gasteiger partial charge on any atom is 0.302 e. The van der Waals surface area contributed by atoms with Gasteiger partial charge < -0.3 is 23.7 Å². The fourth-order valence-corrected chi connectivity index (χ4v) is 14.9. The van der Waals surface area contributed by atoms with E-state index >= 15 is 0 Å². The molecule has 2 saturated carbocycles. The zero-order chi connectivity index (χ0) is 40.2. The van der Waals surface area contributed by atoms with Gasteiger partial charge >= 0.3 is 5.97 Å². The van der Waals surface area contributed by atoms with E-state index < -0.39 is 57.2 Å². The summed E-state index contributed by atoms with van der Waals surface area (Å²) in [6.07, 6.45) is 1.73. The number of carbonyl (C=O) groups excluding carboxylic acids is 4. The largest absolute Gasteiger partial charge is 0.462 e. The first-order valence-electron chi connectivity index (χ1n) is 19.9. The van der Waals surface area contributed by atoms with E-state index in [2.05, 4.69) is 64.7 Å². The molecule has 2 aromatic carbocycles. The minimum Gasteiger partial charge on any atom is -0.462 e. The maximum atomic E-state index is 14.2. The van der Waals surface area contributed by atoms with Gasteiger partial charge in [-0.1, -0.05) is 114 Å². The van der Waals surface area contributed by atoms with Gasteiger partial charge in [0.25, 0.3) is 8.32 Å². The second-order valence-corrected chi connectivity index (χ2v) is 28.4. The highest BCUT2D eigenvalue weighted by atomic mass is 28.4. The third kappa shape index (κ3) is 9.07. The van der Waals surface area contributed by atoms with Crippen LogP contribution in [0.25, 0.3) is 0 Å². The van der Waals surface area contributed by atoms with Crippen LogP contribution in [0.4, 0.5) is 0 Å². The van der Waals surface area contributed by atoms with Gasteiger partial charge in [-0.2, -0.15) is 0 Å². The average molecular weight is 791 g/mol. The molecule has 0 radical (unpaired) electrons. The van der Waals surface area contributed by atoms with E-state index in [9.17, 15) is 24.3 Å². The number of fused-ring (bicyclic) bond motifs is 1. The van der Waals surface area contributed by atoms with Crippen LogP contribution in [0.1, 0.15) is 66.7 Å². The number of carbonyl (C=O) groups is 4. The highest BCUT2D eigenvalue weighted by Gasteiger charge is 2.62. The summed E-state index contributed by atoms with van der Waals surface area (Å²) in [4.78, 5) is 54.8. The molecule has 0 unspecified atom stereocenters. The van der Waals surface area contributed by atoms with Crippen molar-refractivity contribution in [1.29, 1.82) is 0 Å². The molecule has 3 aliphatic rings. The van der Waals surface area contributed by atoms with Gasteiger partial charge in [-0.25, -0.2) is 0 Å². The molecule has 0 bridgehead atoms. The molecule has 0 aliphatic heterocycles. The molecule has 300 valence electrons.